The lowest BCUT2D eigenvalue weighted by molar-refractivity contribution is -0.213. The van der Waals surface area contributed by atoms with E-state index >= 15 is 0 Å². The fourth-order valence-electron chi connectivity index (χ4n) is 10.6. The number of aldehydes is 1. The van der Waals surface area contributed by atoms with Crippen molar-refractivity contribution in [1.29, 1.82) is 0 Å². The van der Waals surface area contributed by atoms with Crippen LogP contribution in [0.25, 0.3) is 0 Å². The van der Waals surface area contributed by atoms with E-state index in [9.17, 15) is 29.7 Å². The first-order chi connectivity index (χ1) is 16.6. The Hall–Kier alpha value is -1.53. The van der Waals surface area contributed by atoms with E-state index in [4.69, 9.17) is 0 Å². The number of carbonyl (C=O) groups excluding carboxylic acids is 2. The van der Waals surface area contributed by atoms with E-state index < -0.39 is 56.6 Å². The Morgan fingerprint density at radius 1 is 1.03 bits per heavy atom. The van der Waals surface area contributed by atoms with Crippen molar-refractivity contribution in [2.75, 3.05) is 0 Å². The molecule has 0 aromatic heterocycles. The second-order valence-corrected chi connectivity index (χ2v) is 14.4. The Labute approximate surface area is 214 Å². The van der Waals surface area contributed by atoms with E-state index in [0.29, 0.717) is 51.4 Å². The molecule has 6 heteroatoms. The predicted octanol–water partition coefficient (Wildman–Crippen LogP) is 4.56. The smallest absolute Gasteiger partial charge is 0.310 e. The van der Waals surface area contributed by atoms with Crippen LogP contribution in [0, 0.1) is 50.7 Å². The van der Waals surface area contributed by atoms with Crippen molar-refractivity contribution in [2.45, 2.75) is 105 Å². The number of carboxylic acids is 1. The molecule has 5 aliphatic carbocycles. The van der Waals surface area contributed by atoms with Crippen molar-refractivity contribution < 1.29 is 29.7 Å². The lowest BCUT2D eigenvalue weighted by Crippen LogP contribution is -2.69. The molecule has 2 unspecified atom stereocenters. The van der Waals surface area contributed by atoms with E-state index in [1.807, 2.05) is 13.8 Å². The van der Waals surface area contributed by atoms with Gasteiger partial charge in [0.25, 0.3) is 0 Å². The highest BCUT2D eigenvalue weighted by Gasteiger charge is 2.73. The van der Waals surface area contributed by atoms with Crippen LogP contribution >= 0.6 is 0 Å². The number of Topliss-reactive ketones (excluding diaryl/α,β-unsaturated/α-hetero) is 1. The highest BCUT2D eigenvalue weighted by atomic mass is 16.4. The van der Waals surface area contributed by atoms with Crippen molar-refractivity contribution in [1.82, 2.24) is 0 Å². The summed E-state index contributed by atoms with van der Waals surface area (Å²) in [5.74, 6) is -1.68. The minimum Gasteiger partial charge on any atom is -0.481 e. The Bertz CT molecular complexity index is 1050. The van der Waals surface area contributed by atoms with Crippen LogP contribution in [0.1, 0.15) is 92.9 Å². The zero-order valence-electron chi connectivity index (χ0n) is 22.8. The van der Waals surface area contributed by atoms with E-state index in [-0.39, 0.29) is 17.6 Å². The summed E-state index contributed by atoms with van der Waals surface area (Å²) in [5, 5.41) is 33.2. The van der Waals surface area contributed by atoms with Crippen LogP contribution in [0.2, 0.25) is 0 Å². The number of aliphatic carboxylic acids is 1. The third-order valence-electron chi connectivity index (χ3n) is 13.1. The van der Waals surface area contributed by atoms with Gasteiger partial charge in [-0.3, -0.25) is 9.59 Å². The molecule has 4 fully saturated rings. The number of aliphatic hydroxyl groups is 2. The molecule has 11 atom stereocenters. The molecule has 6 nitrogen and oxygen atoms in total. The van der Waals surface area contributed by atoms with E-state index in [2.05, 4.69) is 26.8 Å². The van der Waals surface area contributed by atoms with Gasteiger partial charge in [0.15, 0.2) is 0 Å². The lowest BCUT2D eigenvalue weighted by Gasteiger charge is -2.70. The molecule has 5 aliphatic rings. The van der Waals surface area contributed by atoms with Crippen molar-refractivity contribution in [3.05, 3.63) is 11.6 Å². The van der Waals surface area contributed by atoms with E-state index in [0.717, 1.165) is 11.9 Å². The molecule has 4 saturated carbocycles. The molecule has 0 bridgehead atoms. The van der Waals surface area contributed by atoms with Crippen molar-refractivity contribution >= 4 is 18.0 Å². The first kappa shape index (κ1) is 26.1. The molecule has 5 rings (SSSR count). The SMILES string of the molecule is CC1CC[C@]2(C(=O)O)CC[C@]3(C)C(=CC[C@H]4[C@@]5(C)CCC(O)[C@@](C)(C=O)[C@H]5C(=O)C[C@]43C)[C@H]2[C@]1(C)O. The van der Waals surface area contributed by atoms with Crippen molar-refractivity contribution in [3.8, 4) is 0 Å². The summed E-state index contributed by atoms with van der Waals surface area (Å²) < 4.78 is 0. The number of allylic oxidation sites excluding steroid dienone is 1. The van der Waals surface area contributed by atoms with Crippen LogP contribution in [-0.4, -0.2) is 45.1 Å². The predicted molar refractivity (Wildman–Crippen MR) is 135 cm³/mol. The fraction of sp³-hybridized carbons (Fsp3) is 0.833. The van der Waals surface area contributed by atoms with Gasteiger partial charge in [0.2, 0.25) is 0 Å². The van der Waals surface area contributed by atoms with Gasteiger partial charge in [-0.25, -0.2) is 0 Å². The topological polar surface area (TPSA) is 112 Å². The highest BCUT2D eigenvalue weighted by Crippen LogP contribution is 2.75. The number of hydrogen-bond donors (Lipinski definition) is 3. The number of carboxylic acid groups (broad SMARTS) is 1. The minimum absolute atomic E-state index is 0.0215. The minimum atomic E-state index is -1.15. The van der Waals surface area contributed by atoms with Gasteiger partial charge in [0.1, 0.15) is 12.1 Å². The van der Waals surface area contributed by atoms with Crippen LogP contribution in [0.3, 0.4) is 0 Å². The highest BCUT2D eigenvalue weighted by molar-refractivity contribution is 5.88. The van der Waals surface area contributed by atoms with Crippen LogP contribution in [-0.2, 0) is 14.4 Å². The number of hydrogen-bond acceptors (Lipinski definition) is 5. The third kappa shape index (κ3) is 2.78. The molecule has 36 heavy (non-hydrogen) atoms. The van der Waals surface area contributed by atoms with Gasteiger partial charge >= 0.3 is 5.97 Å². The number of fused-ring (bicyclic) bond motifs is 7. The normalized spacial score (nSPS) is 56.4. The third-order valence-corrected chi connectivity index (χ3v) is 13.1. The van der Waals surface area contributed by atoms with Gasteiger partial charge < -0.3 is 20.1 Å². The van der Waals surface area contributed by atoms with Gasteiger partial charge in [-0.15, -0.1) is 0 Å². The van der Waals surface area contributed by atoms with Gasteiger partial charge in [0, 0.05) is 18.3 Å². The molecule has 0 amide bonds. The average Bonchev–Trinajstić information content (AvgIpc) is 2.79. The molecular weight excluding hydrogens is 456 g/mol. The zero-order valence-corrected chi connectivity index (χ0v) is 22.8. The fourth-order valence-corrected chi connectivity index (χ4v) is 10.6. The molecule has 3 N–H and O–H groups in total. The monoisotopic (exact) mass is 500 g/mol. The van der Waals surface area contributed by atoms with E-state index in [1.54, 1.807) is 6.92 Å². The number of aliphatic hydroxyl groups excluding tert-OH is 1. The van der Waals surface area contributed by atoms with Gasteiger partial charge in [-0.1, -0.05) is 39.3 Å². The molecular formula is C30H44O6. The van der Waals surface area contributed by atoms with Crippen molar-refractivity contribution in [2.24, 2.45) is 50.7 Å². The molecule has 0 saturated heterocycles. The quantitative estimate of drug-likeness (QED) is 0.378. The number of rotatable bonds is 2. The summed E-state index contributed by atoms with van der Waals surface area (Å²) in [5.41, 5.74) is -3.48. The summed E-state index contributed by atoms with van der Waals surface area (Å²) in [4.78, 5) is 39.2. The number of carbonyl (C=O) groups is 3. The second-order valence-electron chi connectivity index (χ2n) is 14.4. The molecule has 0 aromatic rings. The Morgan fingerprint density at radius 3 is 2.31 bits per heavy atom. The number of ketones is 1. The van der Waals surface area contributed by atoms with Gasteiger partial charge in [-0.2, -0.15) is 0 Å². The maximum absolute atomic E-state index is 14.0. The van der Waals surface area contributed by atoms with Crippen molar-refractivity contribution in [3.63, 3.8) is 0 Å². The van der Waals surface area contributed by atoms with Gasteiger partial charge in [0.05, 0.1) is 22.5 Å². The Kier molecular flexibility index (Phi) is 5.46. The van der Waals surface area contributed by atoms with E-state index in [1.165, 1.54) is 0 Å². The van der Waals surface area contributed by atoms with Crippen LogP contribution in [0.15, 0.2) is 11.6 Å². The first-order valence-corrected chi connectivity index (χ1v) is 13.9. The largest absolute Gasteiger partial charge is 0.481 e. The standard InChI is InChI=1S/C30H44O6/c1-17-9-12-30(24(34)35)14-13-27(4)18(22(30)29(17,6)36)7-8-20-25(2)11-10-21(33)26(3,16-31)23(25)19(32)15-28(20,27)5/h7,16-17,20-23,33,36H,8-15H2,1-6H3,(H,34,35)/t17?,20-,21?,22-,23-,25+,26+,27+,28+,29+,30-/m0/s1. The summed E-state index contributed by atoms with van der Waals surface area (Å²) in [6, 6.07) is 0. The molecule has 0 radical (unpaired) electrons. The van der Waals surface area contributed by atoms with Crippen LogP contribution in [0.4, 0.5) is 0 Å². The maximum Gasteiger partial charge on any atom is 0.310 e. The Balaban J connectivity index is 1.68. The zero-order chi connectivity index (χ0) is 26.7. The summed E-state index contributed by atoms with van der Waals surface area (Å²) in [6.07, 6.45) is 6.81. The summed E-state index contributed by atoms with van der Waals surface area (Å²) in [6.45, 7) is 12.2. The molecule has 200 valence electrons. The molecule has 0 heterocycles. The maximum atomic E-state index is 14.0. The first-order valence-electron chi connectivity index (χ1n) is 13.9. The lowest BCUT2D eigenvalue weighted by atomic mass is 9.33. The average molecular weight is 501 g/mol. The molecule has 0 spiro atoms. The van der Waals surface area contributed by atoms with Crippen LogP contribution < -0.4 is 0 Å². The Morgan fingerprint density at radius 2 is 1.69 bits per heavy atom. The van der Waals surface area contributed by atoms with Crippen LogP contribution in [0.5, 0.6) is 0 Å². The summed E-state index contributed by atoms with van der Waals surface area (Å²) >= 11 is 0. The van der Waals surface area contributed by atoms with Gasteiger partial charge in [-0.05, 0) is 86.9 Å². The second kappa shape index (κ2) is 7.53. The molecule has 0 aliphatic heterocycles. The summed E-state index contributed by atoms with van der Waals surface area (Å²) in [7, 11) is 0. The molecule has 0 aromatic carbocycles.